The number of rotatable bonds is 3. The van der Waals surface area contributed by atoms with Crippen LogP contribution in [0.2, 0.25) is 0 Å². The molecule has 3 heterocycles. The fourth-order valence-corrected chi connectivity index (χ4v) is 4.55. The number of benzene rings is 3. The summed E-state index contributed by atoms with van der Waals surface area (Å²) in [6, 6.07) is 27.0. The van der Waals surface area contributed by atoms with Gasteiger partial charge in [0.05, 0.1) is 0 Å². The van der Waals surface area contributed by atoms with E-state index in [1.54, 1.807) is 18.2 Å². The van der Waals surface area contributed by atoms with Gasteiger partial charge in [0, 0.05) is 49.5 Å². The maximum Gasteiger partial charge on any atom is 0.217 e. The minimum absolute atomic E-state index is 0. The largest absolute Gasteiger partial charge is 0.506 e. The Bertz CT molecular complexity index is 1720. The second-order valence-electron chi connectivity index (χ2n) is 8.69. The van der Waals surface area contributed by atoms with Crippen LogP contribution in [0, 0.1) is 26.8 Å². The molecule has 0 unspecified atom stereocenters. The maximum absolute atomic E-state index is 10.2. The Kier molecular flexibility index (Phi) is 5.82. The van der Waals surface area contributed by atoms with E-state index in [9.17, 15) is 5.11 Å². The van der Waals surface area contributed by atoms with Gasteiger partial charge in [0.2, 0.25) is 5.88 Å². The summed E-state index contributed by atoms with van der Waals surface area (Å²) in [5.74, 6) is 1.91. The molecule has 0 saturated carbocycles. The quantitative estimate of drug-likeness (QED) is 0.213. The van der Waals surface area contributed by atoms with Gasteiger partial charge in [-0.15, -0.1) is 17.5 Å². The van der Waals surface area contributed by atoms with E-state index in [2.05, 4.69) is 65.9 Å². The van der Waals surface area contributed by atoms with Gasteiger partial charge in [0.15, 0.2) is 0 Å². The van der Waals surface area contributed by atoms with Gasteiger partial charge >= 0.3 is 0 Å². The van der Waals surface area contributed by atoms with Crippen molar-refractivity contribution in [1.29, 1.82) is 0 Å². The predicted octanol–water partition coefficient (Wildman–Crippen LogP) is 6.95. The van der Waals surface area contributed by atoms with E-state index in [-0.39, 0.29) is 26.8 Å². The SMILES string of the molecule is Cc1cc(C)nc(-n2c3[c-]c(Oc4ccc5cccc(O)c5n4)ccc3c3cc(C)ccc32)c1.[Pt]. The summed E-state index contributed by atoms with van der Waals surface area (Å²) in [6.45, 7) is 6.18. The predicted molar refractivity (Wildman–Crippen MR) is 135 cm³/mol. The molecule has 0 aliphatic heterocycles. The van der Waals surface area contributed by atoms with Crippen LogP contribution < -0.4 is 4.74 Å². The fraction of sp³-hybridized carbons (Fsp3) is 0.103. The molecule has 6 aromatic rings. The molecule has 0 fully saturated rings. The topological polar surface area (TPSA) is 60.2 Å². The van der Waals surface area contributed by atoms with E-state index in [0.29, 0.717) is 17.1 Å². The van der Waals surface area contributed by atoms with Crippen molar-refractivity contribution < 1.29 is 30.9 Å². The molecule has 35 heavy (non-hydrogen) atoms. The molecule has 6 heteroatoms. The Morgan fingerprint density at radius 1 is 0.829 bits per heavy atom. The maximum atomic E-state index is 10.2. The fourth-order valence-electron chi connectivity index (χ4n) is 4.55. The van der Waals surface area contributed by atoms with Crippen LogP contribution in [0.5, 0.6) is 17.4 Å². The minimum atomic E-state index is 0. The zero-order valence-electron chi connectivity index (χ0n) is 19.4. The van der Waals surface area contributed by atoms with Crippen molar-refractivity contribution in [3.8, 4) is 23.2 Å². The number of para-hydroxylation sites is 1. The molecule has 1 N–H and O–H groups in total. The molecular weight excluding hydrogens is 617 g/mol. The average Bonchev–Trinajstić information content (AvgIpc) is 3.12. The first-order valence-corrected chi connectivity index (χ1v) is 11.2. The zero-order valence-corrected chi connectivity index (χ0v) is 21.7. The molecular formula is C29H22N3O2Pt-. The summed E-state index contributed by atoms with van der Waals surface area (Å²) < 4.78 is 8.23. The smallest absolute Gasteiger partial charge is 0.217 e. The number of fused-ring (bicyclic) bond motifs is 4. The number of aromatic hydroxyl groups is 1. The van der Waals surface area contributed by atoms with Gasteiger partial charge < -0.3 is 14.4 Å². The molecule has 0 amide bonds. The molecule has 0 aliphatic rings. The summed E-state index contributed by atoms with van der Waals surface area (Å²) in [4.78, 5) is 9.32. The molecule has 6 rings (SSSR count). The first kappa shape index (κ1) is 23.1. The van der Waals surface area contributed by atoms with Crippen LogP contribution in [0.25, 0.3) is 38.5 Å². The molecule has 176 valence electrons. The van der Waals surface area contributed by atoms with E-state index in [0.717, 1.165) is 44.3 Å². The van der Waals surface area contributed by atoms with Crippen molar-refractivity contribution in [1.82, 2.24) is 14.5 Å². The molecule has 3 aromatic heterocycles. The number of hydrogen-bond donors (Lipinski definition) is 1. The minimum Gasteiger partial charge on any atom is -0.506 e. The molecule has 0 saturated heterocycles. The van der Waals surface area contributed by atoms with E-state index < -0.39 is 0 Å². The Morgan fingerprint density at radius 2 is 1.69 bits per heavy atom. The van der Waals surface area contributed by atoms with E-state index in [4.69, 9.17) is 9.72 Å². The van der Waals surface area contributed by atoms with Crippen LogP contribution in [0.4, 0.5) is 0 Å². The van der Waals surface area contributed by atoms with E-state index in [1.165, 1.54) is 5.56 Å². The van der Waals surface area contributed by atoms with Gasteiger partial charge in [-0.05, 0) is 62.1 Å². The standard InChI is InChI=1S/C29H22N3O2.Pt/c1-17-7-11-24-23(14-17)22-10-9-21(16-25(22)32(24)27-15-18(2)13-19(3)30-27)34-28-12-8-20-5-4-6-26(33)29(20)31-28;/h4-15,33H,1-3H3;/q-1;. The van der Waals surface area contributed by atoms with Crippen molar-refractivity contribution in [2.24, 2.45) is 0 Å². The van der Waals surface area contributed by atoms with Crippen LogP contribution >= 0.6 is 0 Å². The summed E-state index contributed by atoms with van der Waals surface area (Å²) in [7, 11) is 0. The van der Waals surface area contributed by atoms with Crippen molar-refractivity contribution in [3.05, 3.63) is 95.7 Å². The number of aryl methyl sites for hydroxylation is 3. The molecule has 0 radical (unpaired) electrons. The molecule has 5 nitrogen and oxygen atoms in total. The summed E-state index contributed by atoms with van der Waals surface area (Å²) in [5.41, 5.74) is 5.77. The Hall–Kier alpha value is -3.69. The van der Waals surface area contributed by atoms with E-state index >= 15 is 0 Å². The average molecular weight is 640 g/mol. The molecule has 0 aliphatic carbocycles. The summed E-state index contributed by atoms with van der Waals surface area (Å²) >= 11 is 0. The summed E-state index contributed by atoms with van der Waals surface area (Å²) in [5, 5.41) is 13.3. The third kappa shape index (κ3) is 4.06. The van der Waals surface area contributed by atoms with Gasteiger partial charge in [-0.25, -0.2) is 9.97 Å². The normalized spacial score (nSPS) is 11.2. The summed E-state index contributed by atoms with van der Waals surface area (Å²) in [6.07, 6.45) is 0. The van der Waals surface area contributed by atoms with Crippen molar-refractivity contribution >= 4 is 32.7 Å². The van der Waals surface area contributed by atoms with Crippen LogP contribution in [0.1, 0.15) is 16.8 Å². The third-order valence-electron chi connectivity index (χ3n) is 6.01. The van der Waals surface area contributed by atoms with Crippen LogP contribution in [-0.2, 0) is 21.1 Å². The number of phenolic OH excluding ortho intramolecular Hbond substituents is 1. The second-order valence-corrected chi connectivity index (χ2v) is 8.69. The van der Waals surface area contributed by atoms with Crippen molar-refractivity contribution in [3.63, 3.8) is 0 Å². The molecule has 0 atom stereocenters. The zero-order chi connectivity index (χ0) is 23.4. The third-order valence-corrected chi connectivity index (χ3v) is 6.01. The number of pyridine rings is 2. The molecule has 0 spiro atoms. The van der Waals surface area contributed by atoms with Gasteiger partial charge in [0.25, 0.3) is 0 Å². The second kappa shape index (κ2) is 8.83. The van der Waals surface area contributed by atoms with Gasteiger partial charge in [-0.3, -0.25) is 0 Å². The number of phenols is 1. The van der Waals surface area contributed by atoms with Crippen molar-refractivity contribution in [2.75, 3.05) is 0 Å². The van der Waals surface area contributed by atoms with E-state index in [1.807, 2.05) is 25.1 Å². The van der Waals surface area contributed by atoms with Gasteiger partial charge in [0.1, 0.15) is 17.1 Å². The Balaban J connectivity index is 0.00000253. The van der Waals surface area contributed by atoms with Crippen LogP contribution in [-0.4, -0.2) is 19.6 Å². The monoisotopic (exact) mass is 639 g/mol. The number of aromatic nitrogens is 3. The number of nitrogens with zero attached hydrogens (tertiary/aromatic N) is 3. The van der Waals surface area contributed by atoms with Crippen LogP contribution in [0.3, 0.4) is 0 Å². The first-order valence-electron chi connectivity index (χ1n) is 11.2. The number of ether oxygens (including phenoxy) is 1. The molecule has 0 bridgehead atoms. The first-order chi connectivity index (χ1) is 16.5. The van der Waals surface area contributed by atoms with Crippen LogP contribution in [0.15, 0.2) is 72.8 Å². The Morgan fingerprint density at radius 3 is 2.51 bits per heavy atom. The van der Waals surface area contributed by atoms with Gasteiger partial charge in [-0.2, -0.15) is 6.07 Å². The number of hydrogen-bond acceptors (Lipinski definition) is 4. The molecule has 3 aromatic carbocycles. The van der Waals surface area contributed by atoms with Gasteiger partial charge in [-0.1, -0.05) is 35.3 Å². The Labute approximate surface area is 217 Å². The van der Waals surface area contributed by atoms with Crippen molar-refractivity contribution in [2.45, 2.75) is 20.8 Å².